The number of hydrogen-bond donors (Lipinski definition) is 0. The summed E-state index contributed by atoms with van der Waals surface area (Å²) in [5, 5.41) is 3.31. The highest BCUT2D eigenvalue weighted by Gasteiger charge is 2.41. The molecular formula is C16H27N3OS. The molecule has 0 radical (unpaired) electrons. The number of rotatable bonds is 4. The van der Waals surface area contributed by atoms with Crippen molar-refractivity contribution in [3.05, 3.63) is 16.1 Å². The summed E-state index contributed by atoms with van der Waals surface area (Å²) in [6.45, 7) is 5.22. The van der Waals surface area contributed by atoms with Gasteiger partial charge < -0.3 is 9.64 Å². The average molecular weight is 309 g/mol. The van der Waals surface area contributed by atoms with Gasteiger partial charge >= 0.3 is 0 Å². The molecule has 1 aliphatic carbocycles. The van der Waals surface area contributed by atoms with Crippen molar-refractivity contribution in [2.75, 3.05) is 33.8 Å². The maximum absolute atomic E-state index is 5.18. The van der Waals surface area contributed by atoms with Crippen LogP contribution in [-0.4, -0.2) is 54.1 Å². The van der Waals surface area contributed by atoms with E-state index in [-0.39, 0.29) is 0 Å². The van der Waals surface area contributed by atoms with E-state index in [9.17, 15) is 0 Å². The predicted molar refractivity (Wildman–Crippen MR) is 86.6 cm³/mol. The smallest absolute Gasteiger partial charge is 0.119 e. The maximum atomic E-state index is 5.18. The van der Waals surface area contributed by atoms with Crippen molar-refractivity contribution in [3.8, 4) is 0 Å². The van der Waals surface area contributed by atoms with Gasteiger partial charge in [0.05, 0.1) is 12.3 Å². The van der Waals surface area contributed by atoms with E-state index < -0.39 is 0 Å². The van der Waals surface area contributed by atoms with Crippen LogP contribution < -0.4 is 0 Å². The van der Waals surface area contributed by atoms with Gasteiger partial charge in [0.1, 0.15) is 5.01 Å². The second kappa shape index (κ2) is 6.73. The lowest BCUT2D eigenvalue weighted by molar-refractivity contribution is -0.0245. The minimum atomic E-state index is 0.399. The number of hydrogen-bond acceptors (Lipinski definition) is 5. The quantitative estimate of drug-likeness (QED) is 0.855. The zero-order valence-corrected chi connectivity index (χ0v) is 14.1. The van der Waals surface area contributed by atoms with Crippen LogP contribution in [-0.2, 0) is 17.9 Å². The fourth-order valence-corrected chi connectivity index (χ4v) is 4.70. The molecule has 0 atom stereocenters. The molecule has 1 aromatic rings. The first-order valence-corrected chi connectivity index (χ1v) is 8.96. The summed E-state index contributed by atoms with van der Waals surface area (Å²) in [6, 6.07) is 0. The van der Waals surface area contributed by atoms with Crippen LogP contribution in [0.25, 0.3) is 0 Å². The van der Waals surface area contributed by atoms with Gasteiger partial charge in [-0.25, -0.2) is 4.98 Å². The van der Waals surface area contributed by atoms with Crippen molar-refractivity contribution in [3.63, 3.8) is 0 Å². The van der Waals surface area contributed by atoms with Crippen LogP contribution in [0.3, 0.4) is 0 Å². The fourth-order valence-electron chi connectivity index (χ4n) is 3.95. The molecular weight excluding hydrogens is 282 g/mol. The third-order valence-corrected chi connectivity index (χ3v) is 5.86. The Morgan fingerprint density at radius 1 is 1.29 bits per heavy atom. The van der Waals surface area contributed by atoms with Gasteiger partial charge in [-0.2, -0.15) is 0 Å². The number of piperazine rings is 1. The third-order valence-electron chi connectivity index (χ3n) is 4.99. The van der Waals surface area contributed by atoms with Crippen molar-refractivity contribution < 1.29 is 4.74 Å². The van der Waals surface area contributed by atoms with E-state index in [1.54, 1.807) is 18.4 Å². The molecule has 1 spiro atoms. The number of methoxy groups -OCH3 is 1. The third kappa shape index (κ3) is 3.47. The van der Waals surface area contributed by atoms with Crippen LogP contribution in [0.15, 0.2) is 5.38 Å². The monoisotopic (exact) mass is 309 g/mol. The molecule has 2 aliphatic rings. The van der Waals surface area contributed by atoms with Gasteiger partial charge in [0.15, 0.2) is 0 Å². The molecule has 3 rings (SSSR count). The van der Waals surface area contributed by atoms with Crippen LogP contribution in [0.2, 0.25) is 0 Å². The number of thiazole rings is 1. The summed E-state index contributed by atoms with van der Waals surface area (Å²) >= 11 is 1.73. The topological polar surface area (TPSA) is 28.6 Å². The Balaban J connectivity index is 1.71. The molecule has 0 unspecified atom stereocenters. The Morgan fingerprint density at radius 2 is 2.10 bits per heavy atom. The van der Waals surface area contributed by atoms with E-state index in [2.05, 4.69) is 22.2 Å². The van der Waals surface area contributed by atoms with E-state index in [0.29, 0.717) is 12.1 Å². The Morgan fingerprint density at radius 3 is 2.86 bits per heavy atom. The summed E-state index contributed by atoms with van der Waals surface area (Å²) in [5.41, 5.74) is 1.62. The number of aromatic nitrogens is 1. The summed E-state index contributed by atoms with van der Waals surface area (Å²) < 4.78 is 5.18. The van der Waals surface area contributed by atoms with Gasteiger partial charge in [0.2, 0.25) is 0 Å². The Labute approximate surface area is 132 Å². The molecule has 118 valence electrons. The molecule has 0 aromatic carbocycles. The normalized spacial score (nSPS) is 23.7. The summed E-state index contributed by atoms with van der Waals surface area (Å²) in [4.78, 5) is 9.96. The van der Waals surface area contributed by atoms with Crippen molar-refractivity contribution in [1.29, 1.82) is 0 Å². The molecule has 1 saturated heterocycles. The van der Waals surface area contributed by atoms with Crippen LogP contribution in [0, 0.1) is 0 Å². The minimum absolute atomic E-state index is 0.399. The second-order valence-electron chi connectivity index (χ2n) is 6.61. The van der Waals surface area contributed by atoms with E-state index in [4.69, 9.17) is 9.72 Å². The van der Waals surface area contributed by atoms with Crippen LogP contribution in [0.1, 0.15) is 42.8 Å². The highest BCUT2D eigenvalue weighted by atomic mass is 32.1. The standard InChI is InChI=1S/C16H27N3OS/c1-18-8-9-19(16(13-18)6-4-3-5-7-16)10-14-12-21-15(17-14)11-20-2/h12H,3-11,13H2,1-2H3. The van der Waals surface area contributed by atoms with E-state index in [1.165, 1.54) is 57.4 Å². The summed E-state index contributed by atoms with van der Waals surface area (Å²) in [7, 11) is 4.01. The zero-order chi connectivity index (χ0) is 14.7. The minimum Gasteiger partial charge on any atom is -0.378 e. The van der Waals surface area contributed by atoms with Crippen molar-refractivity contribution in [1.82, 2.24) is 14.8 Å². The Kier molecular flexibility index (Phi) is 4.94. The van der Waals surface area contributed by atoms with Crippen molar-refractivity contribution in [2.24, 2.45) is 0 Å². The lowest BCUT2D eigenvalue weighted by atomic mass is 9.78. The number of ether oxygens (including phenoxy) is 1. The molecule has 1 aliphatic heterocycles. The van der Waals surface area contributed by atoms with E-state index in [1.807, 2.05) is 0 Å². The van der Waals surface area contributed by atoms with Gasteiger partial charge in [0.25, 0.3) is 0 Å². The van der Waals surface area contributed by atoms with E-state index in [0.717, 1.165) is 11.6 Å². The summed E-state index contributed by atoms with van der Waals surface area (Å²) in [5.74, 6) is 0. The molecule has 2 fully saturated rings. The predicted octanol–water partition coefficient (Wildman–Crippen LogP) is 2.74. The number of nitrogens with zero attached hydrogens (tertiary/aromatic N) is 3. The summed E-state index contributed by atoms with van der Waals surface area (Å²) in [6.07, 6.45) is 6.89. The molecule has 21 heavy (non-hydrogen) atoms. The highest BCUT2D eigenvalue weighted by molar-refractivity contribution is 7.09. The van der Waals surface area contributed by atoms with Gasteiger partial charge in [0, 0.05) is 44.2 Å². The SMILES string of the molecule is COCc1nc(CN2CCN(C)CC23CCCCC3)cs1. The van der Waals surface area contributed by atoms with Gasteiger partial charge in [-0.3, -0.25) is 4.90 Å². The maximum Gasteiger partial charge on any atom is 0.119 e. The van der Waals surface area contributed by atoms with Gasteiger partial charge in [-0.1, -0.05) is 19.3 Å². The molecule has 1 saturated carbocycles. The molecule has 0 N–H and O–H groups in total. The van der Waals surface area contributed by atoms with E-state index >= 15 is 0 Å². The zero-order valence-electron chi connectivity index (χ0n) is 13.3. The lowest BCUT2D eigenvalue weighted by Gasteiger charge is -2.52. The lowest BCUT2D eigenvalue weighted by Crippen LogP contribution is -2.61. The van der Waals surface area contributed by atoms with Crippen LogP contribution in [0.5, 0.6) is 0 Å². The largest absolute Gasteiger partial charge is 0.378 e. The number of likely N-dealkylation sites (N-methyl/N-ethyl adjacent to an activating group) is 1. The Hall–Kier alpha value is -0.490. The molecule has 4 nitrogen and oxygen atoms in total. The fraction of sp³-hybridized carbons (Fsp3) is 0.812. The van der Waals surface area contributed by atoms with Crippen molar-refractivity contribution in [2.45, 2.75) is 50.8 Å². The first kappa shape index (κ1) is 15.4. The average Bonchev–Trinajstić information content (AvgIpc) is 2.91. The second-order valence-corrected chi connectivity index (χ2v) is 7.55. The molecule has 5 heteroatoms. The molecule has 0 amide bonds. The van der Waals surface area contributed by atoms with Crippen LogP contribution >= 0.6 is 11.3 Å². The first-order valence-electron chi connectivity index (χ1n) is 8.08. The molecule has 0 bridgehead atoms. The highest BCUT2D eigenvalue weighted by Crippen LogP contribution is 2.37. The van der Waals surface area contributed by atoms with Gasteiger partial charge in [-0.05, 0) is 19.9 Å². The Bertz CT molecular complexity index is 456. The van der Waals surface area contributed by atoms with Crippen molar-refractivity contribution >= 4 is 11.3 Å². The van der Waals surface area contributed by atoms with Crippen LogP contribution in [0.4, 0.5) is 0 Å². The van der Waals surface area contributed by atoms with Gasteiger partial charge in [-0.15, -0.1) is 11.3 Å². The molecule has 1 aromatic heterocycles. The molecule has 2 heterocycles. The first-order chi connectivity index (χ1) is 10.2.